The van der Waals surface area contributed by atoms with E-state index in [1.54, 1.807) is 0 Å². The lowest BCUT2D eigenvalue weighted by molar-refractivity contribution is -0.0931. The second kappa shape index (κ2) is 7.39. The molecule has 1 aliphatic rings. The molecule has 4 heteroatoms. The minimum atomic E-state index is -1.80. The van der Waals surface area contributed by atoms with E-state index in [1.807, 2.05) is 0 Å². The third-order valence-electron chi connectivity index (χ3n) is 5.02. The Labute approximate surface area is 126 Å². The largest absolute Gasteiger partial charge is 0.416 e. The first-order chi connectivity index (χ1) is 9.25. The minimum Gasteiger partial charge on any atom is -0.416 e. The van der Waals surface area contributed by atoms with Crippen molar-refractivity contribution in [3.63, 3.8) is 0 Å². The number of aliphatic hydroxyl groups is 1. The van der Waals surface area contributed by atoms with Crippen LogP contribution in [0.4, 0.5) is 0 Å². The van der Waals surface area contributed by atoms with E-state index < -0.39 is 14.6 Å². The van der Waals surface area contributed by atoms with Gasteiger partial charge in [-0.05, 0) is 23.0 Å². The highest BCUT2D eigenvalue weighted by Crippen LogP contribution is 2.43. The van der Waals surface area contributed by atoms with Gasteiger partial charge in [-0.1, -0.05) is 48.5 Å². The van der Waals surface area contributed by atoms with Crippen LogP contribution in [-0.4, -0.2) is 32.4 Å². The van der Waals surface area contributed by atoms with Crippen LogP contribution in [0.25, 0.3) is 0 Å². The molecule has 0 aromatic rings. The Morgan fingerprint density at radius 3 is 2.00 bits per heavy atom. The molecule has 0 aromatic heterocycles. The predicted octanol–water partition coefficient (Wildman–Crippen LogP) is 4.31. The van der Waals surface area contributed by atoms with Crippen molar-refractivity contribution in [3.8, 4) is 0 Å². The lowest BCUT2D eigenvalue weighted by Gasteiger charge is -2.43. The van der Waals surface area contributed by atoms with E-state index in [9.17, 15) is 5.11 Å². The van der Waals surface area contributed by atoms with Crippen LogP contribution in [0.1, 0.15) is 61.3 Å². The number of hydrogen-bond donors (Lipinski definition) is 1. The summed E-state index contributed by atoms with van der Waals surface area (Å²) >= 11 is 0. The Hall–Kier alpha value is 0.0969. The molecule has 0 amide bonds. The SMILES string of the molecule is CC[C@H]1OC(O)C[C@@H]1CO[Si](C(C)C)(C(C)C)C(C)C. The van der Waals surface area contributed by atoms with Crippen LogP contribution in [0.3, 0.4) is 0 Å². The molecule has 1 heterocycles. The summed E-state index contributed by atoms with van der Waals surface area (Å²) in [4.78, 5) is 0. The van der Waals surface area contributed by atoms with Crippen molar-refractivity contribution in [2.24, 2.45) is 5.92 Å². The maximum Gasteiger partial charge on any atom is 0.200 e. The van der Waals surface area contributed by atoms with Gasteiger partial charge in [0.15, 0.2) is 14.6 Å². The van der Waals surface area contributed by atoms with Crippen molar-refractivity contribution in [3.05, 3.63) is 0 Å². The van der Waals surface area contributed by atoms with Gasteiger partial charge in [-0.2, -0.15) is 0 Å². The van der Waals surface area contributed by atoms with Crippen LogP contribution < -0.4 is 0 Å². The van der Waals surface area contributed by atoms with Crippen LogP contribution >= 0.6 is 0 Å². The third kappa shape index (κ3) is 3.64. The van der Waals surface area contributed by atoms with E-state index in [2.05, 4.69) is 48.5 Å². The Bertz CT molecular complexity index is 270. The molecule has 0 saturated carbocycles. The summed E-state index contributed by atoms with van der Waals surface area (Å²) in [5.74, 6) is 0.345. The first-order valence-electron chi connectivity index (χ1n) is 8.23. The summed E-state index contributed by atoms with van der Waals surface area (Å²) < 4.78 is 12.2. The molecule has 1 unspecified atom stereocenters. The smallest absolute Gasteiger partial charge is 0.200 e. The quantitative estimate of drug-likeness (QED) is 0.712. The highest BCUT2D eigenvalue weighted by atomic mass is 28.4. The van der Waals surface area contributed by atoms with Gasteiger partial charge in [0, 0.05) is 18.9 Å². The average molecular weight is 303 g/mol. The monoisotopic (exact) mass is 302 g/mol. The van der Waals surface area contributed by atoms with E-state index in [-0.39, 0.29) is 6.10 Å². The molecule has 0 aliphatic carbocycles. The van der Waals surface area contributed by atoms with E-state index >= 15 is 0 Å². The highest BCUT2D eigenvalue weighted by molar-refractivity contribution is 6.77. The minimum absolute atomic E-state index is 0.156. The molecule has 0 bridgehead atoms. The Balaban J connectivity index is 2.76. The number of aliphatic hydroxyl groups excluding tert-OH is 1. The number of hydrogen-bond acceptors (Lipinski definition) is 3. The number of rotatable bonds is 7. The van der Waals surface area contributed by atoms with Crippen LogP contribution in [0, 0.1) is 5.92 Å². The molecular weight excluding hydrogens is 268 g/mol. The molecule has 0 spiro atoms. The fourth-order valence-corrected chi connectivity index (χ4v) is 9.64. The van der Waals surface area contributed by atoms with Crippen molar-refractivity contribution in [1.29, 1.82) is 0 Å². The molecule has 1 saturated heterocycles. The van der Waals surface area contributed by atoms with Gasteiger partial charge in [0.25, 0.3) is 0 Å². The van der Waals surface area contributed by atoms with Gasteiger partial charge in [0.05, 0.1) is 6.10 Å². The summed E-state index contributed by atoms with van der Waals surface area (Å²) in [6.45, 7) is 16.7. The molecule has 3 nitrogen and oxygen atoms in total. The fourth-order valence-electron chi connectivity index (χ4n) is 4.14. The molecular formula is C16H34O3Si. The van der Waals surface area contributed by atoms with E-state index in [0.717, 1.165) is 19.4 Å². The maximum atomic E-state index is 9.69. The van der Waals surface area contributed by atoms with E-state index in [0.29, 0.717) is 22.5 Å². The van der Waals surface area contributed by atoms with Crippen LogP contribution in [-0.2, 0) is 9.16 Å². The Kier molecular flexibility index (Phi) is 6.70. The average Bonchev–Trinajstić information content (AvgIpc) is 2.69. The zero-order valence-electron chi connectivity index (χ0n) is 14.3. The van der Waals surface area contributed by atoms with Crippen molar-refractivity contribution in [1.82, 2.24) is 0 Å². The van der Waals surface area contributed by atoms with Gasteiger partial charge in [0.2, 0.25) is 0 Å². The van der Waals surface area contributed by atoms with Crippen molar-refractivity contribution < 1.29 is 14.3 Å². The molecule has 1 aliphatic heterocycles. The van der Waals surface area contributed by atoms with Crippen molar-refractivity contribution in [2.75, 3.05) is 6.61 Å². The van der Waals surface area contributed by atoms with Crippen LogP contribution in [0.15, 0.2) is 0 Å². The third-order valence-corrected chi connectivity index (χ3v) is 11.1. The van der Waals surface area contributed by atoms with Gasteiger partial charge >= 0.3 is 0 Å². The summed E-state index contributed by atoms with van der Waals surface area (Å²) in [5.41, 5.74) is 1.82. The second-order valence-electron chi connectivity index (χ2n) is 7.16. The zero-order valence-corrected chi connectivity index (χ0v) is 15.3. The molecule has 1 fully saturated rings. The van der Waals surface area contributed by atoms with Crippen LogP contribution in [0.5, 0.6) is 0 Å². The van der Waals surface area contributed by atoms with E-state index in [4.69, 9.17) is 9.16 Å². The molecule has 20 heavy (non-hydrogen) atoms. The van der Waals surface area contributed by atoms with Gasteiger partial charge in [0.1, 0.15) is 0 Å². The maximum absolute atomic E-state index is 9.69. The van der Waals surface area contributed by atoms with Crippen molar-refractivity contribution >= 4 is 8.32 Å². The molecule has 120 valence electrons. The predicted molar refractivity (Wildman–Crippen MR) is 86.3 cm³/mol. The number of ether oxygens (including phenoxy) is 1. The zero-order chi connectivity index (χ0) is 15.5. The first-order valence-corrected chi connectivity index (χ1v) is 10.4. The molecule has 3 atom stereocenters. The Morgan fingerprint density at radius 1 is 1.10 bits per heavy atom. The molecule has 0 aromatic carbocycles. The summed E-state index contributed by atoms with van der Waals surface area (Å²) in [5, 5.41) is 9.69. The topological polar surface area (TPSA) is 38.7 Å². The first kappa shape index (κ1) is 18.1. The summed E-state index contributed by atoms with van der Waals surface area (Å²) in [6, 6.07) is 0. The standard InChI is InChI=1S/C16H34O3Si/c1-8-15-14(9-16(17)19-15)10-18-20(11(2)3,12(4)5)13(6)7/h11-17H,8-10H2,1-7H3/t14-,15-,16?/m1/s1. The van der Waals surface area contributed by atoms with Crippen LogP contribution in [0.2, 0.25) is 16.6 Å². The lowest BCUT2D eigenvalue weighted by atomic mass is 10.0. The molecule has 1 rings (SSSR count). The highest BCUT2D eigenvalue weighted by Gasteiger charge is 2.46. The summed E-state index contributed by atoms with van der Waals surface area (Å²) in [7, 11) is -1.80. The second-order valence-corrected chi connectivity index (χ2v) is 12.6. The van der Waals surface area contributed by atoms with Gasteiger partial charge in [-0.25, -0.2) is 0 Å². The Morgan fingerprint density at radius 2 is 1.60 bits per heavy atom. The van der Waals surface area contributed by atoms with Gasteiger partial charge in [-0.15, -0.1) is 0 Å². The molecule has 1 N–H and O–H groups in total. The summed E-state index contributed by atoms with van der Waals surface area (Å²) in [6.07, 6.45) is 1.23. The normalized spacial score (nSPS) is 28.1. The molecule has 0 radical (unpaired) electrons. The van der Waals surface area contributed by atoms with E-state index in [1.165, 1.54) is 0 Å². The van der Waals surface area contributed by atoms with Crippen molar-refractivity contribution in [2.45, 2.75) is 90.3 Å². The fraction of sp³-hybridized carbons (Fsp3) is 1.00. The van der Waals surface area contributed by atoms with Gasteiger partial charge in [-0.3, -0.25) is 0 Å². The lowest BCUT2D eigenvalue weighted by Crippen LogP contribution is -2.49. The van der Waals surface area contributed by atoms with Gasteiger partial charge < -0.3 is 14.3 Å².